The van der Waals surface area contributed by atoms with Crippen molar-refractivity contribution in [2.75, 3.05) is 30.6 Å². The molecule has 180 valence electrons. The molecule has 0 aliphatic heterocycles. The van der Waals surface area contributed by atoms with Crippen molar-refractivity contribution < 1.29 is 31.5 Å². The van der Waals surface area contributed by atoms with E-state index in [2.05, 4.69) is 5.32 Å². The number of carbonyl (C=O) groups is 1. The van der Waals surface area contributed by atoms with Gasteiger partial charge in [0.05, 0.1) is 23.7 Å². The van der Waals surface area contributed by atoms with Gasteiger partial charge in [0.2, 0.25) is 5.91 Å². The van der Waals surface area contributed by atoms with Crippen molar-refractivity contribution in [3.8, 4) is 11.5 Å². The van der Waals surface area contributed by atoms with E-state index in [0.717, 1.165) is 16.4 Å². The van der Waals surface area contributed by atoms with Gasteiger partial charge in [0.25, 0.3) is 10.0 Å². The Kier molecular flexibility index (Phi) is 8.42. The van der Waals surface area contributed by atoms with E-state index in [1.165, 1.54) is 60.7 Å². The molecule has 3 aromatic rings. The van der Waals surface area contributed by atoms with Gasteiger partial charge in [0.15, 0.2) is 0 Å². The normalized spacial score (nSPS) is 11.0. The van der Waals surface area contributed by atoms with Crippen molar-refractivity contribution in [1.82, 2.24) is 5.32 Å². The van der Waals surface area contributed by atoms with Gasteiger partial charge < -0.3 is 14.8 Å². The molecule has 0 saturated heterocycles. The van der Waals surface area contributed by atoms with Crippen molar-refractivity contribution in [3.63, 3.8) is 0 Å². The molecule has 0 saturated carbocycles. The highest BCUT2D eigenvalue weighted by molar-refractivity contribution is 7.92. The molecule has 0 aliphatic rings. The smallest absolute Gasteiger partial charge is 0.264 e. The number of ether oxygens (including phenoxy) is 2. The molecule has 0 radical (unpaired) electrons. The minimum absolute atomic E-state index is 0.0484. The maximum Gasteiger partial charge on any atom is 0.264 e. The summed E-state index contributed by atoms with van der Waals surface area (Å²) in [7, 11) is -4.14. The van der Waals surface area contributed by atoms with E-state index in [9.17, 15) is 22.0 Å². The van der Waals surface area contributed by atoms with Crippen LogP contribution in [0.4, 0.5) is 14.5 Å². The molecule has 0 fully saturated rings. The number of benzene rings is 3. The number of rotatable bonds is 11. The third kappa shape index (κ3) is 6.67. The van der Waals surface area contributed by atoms with Gasteiger partial charge in [-0.15, -0.1) is 0 Å². The quantitative estimate of drug-likeness (QED) is 0.414. The van der Waals surface area contributed by atoms with Crippen LogP contribution in [0.1, 0.15) is 6.92 Å². The standard InChI is InChI=1S/C24H24F2N2O5S/c1-2-32-21-11-13-23(14-12-21)34(30,31)28(20-7-3-18(25)4-8-20)17-24(29)27-15-16-33-22-9-5-19(26)6-10-22/h3-14H,2,15-17H2,1H3,(H,27,29). The van der Waals surface area contributed by atoms with Gasteiger partial charge in [-0.25, -0.2) is 17.2 Å². The van der Waals surface area contributed by atoms with Gasteiger partial charge in [-0.1, -0.05) is 0 Å². The Morgan fingerprint density at radius 2 is 1.38 bits per heavy atom. The molecule has 0 atom stereocenters. The highest BCUT2D eigenvalue weighted by atomic mass is 32.2. The number of sulfonamides is 1. The lowest BCUT2D eigenvalue weighted by Crippen LogP contribution is -2.41. The molecule has 0 aliphatic carbocycles. The molecule has 0 heterocycles. The molecule has 0 spiro atoms. The van der Waals surface area contributed by atoms with E-state index in [4.69, 9.17) is 9.47 Å². The van der Waals surface area contributed by atoms with Gasteiger partial charge in [0.1, 0.15) is 36.3 Å². The lowest BCUT2D eigenvalue weighted by atomic mass is 10.3. The SMILES string of the molecule is CCOc1ccc(S(=O)(=O)N(CC(=O)NCCOc2ccc(F)cc2)c2ccc(F)cc2)cc1. The molecule has 3 aromatic carbocycles. The second-order valence-electron chi connectivity index (χ2n) is 7.04. The Hall–Kier alpha value is -3.66. The van der Waals surface area contributed by atoms with E-state index >= 15 is 0 Å². The zero-order valence-electron chi connectivity index (χ0n) is 18.4. The fourth-order valence-corrected chi connectivity index (χ4v) is 4.42. The number of anilines is 1. The Morgan fingerprint density at radius 3 is 1.97 bits per heavy atom. The Labute approximate surface area is 197 Å². The van der Waals surface area contributed by atoms with Gasteiger partial charge >= 0.3 is 0 Å². The Balaban J connectivity index is 1.70. The highest BCUT2D eigenvalue weighted by Crippen LogP contribution is 2.25. The summed E-state index contributed by atoms with van der Waals surface area (Å²) in [6.45, 7) is 1.90. The summed E-state index contributed by atoms with van der Waals surface area (Å²) in [5, 5.41) is 2.59. The molecule has 7 nitrogen and oxygen atoms in total. The first kappa shape index (κ1) is 25.0. The summed E-state index contributed by atoms with van der Waals surface area (Å²) in [6, 6.07) is 16.0. The first-order chi connectivity index (χ1) is 16.3. The van der Waals surface area contributed by atoms with Crippen LogP contribution in [0.2, 0.25) is 0 Å². The monoisotopic (exact) mass is 490 g/mol. The average Bonchev–Trinajstić information content (AvgIpc) is 2.83. The van der Waals surface area contributed by atoms with Crippen molar-refractivity contribution in [1.29, 1.82) is 0 Å². The molecular weight excluding hydrogens is 466 g/mol. The number of nitrogens with zero attached hydrogens (tertiary/aromatic N) is 1. The van der Waals surface area contributed by atoms with Gasteiger partial charge in [0, 0.05) is 0 Å². The van der Waals surface area contributed by atoms with Crippen LogP contribution in [-0.2, 0) is 14.8 Å². The number of halogens is 2. The second kappa shape index (κ2) is 11.5. The number of carbonyl (C=O) groups excluding carboxylic acids is 1. The third-order valence-electron chi connectivity index (χ3n) is 4.63. The molecule has 0 bridgehead atoms. The summed E-state index contributed by atoms with van der Waals surface area (Å²) in [6.07, 6.45) is 0. The van der Waals surface area contributed by atoms with Crippen LogP contribution in [0.5, 0.6) is 11.5 Å². The number of hydrogen-bond acceptors (Lipinski definition) is 5. The predicted octanol–water partition coefficient (Wildman–Crippen LogP) is 3.75. The van der Waals surface area contributed by atoms with Crippen LogP contribution in [0.15, 0.2) is 77.7 Å². The lowest BCUT2D eigenvalue weighted by molar-refractivity contribution is -0.119. The fraction of sp³-hybridized carbons (Fsp3) is 0.208. The van der Waals surface area contributed by atoms with Crippen LogP contribution in [0.3, 0.4) is 0 Å². The molecule has 0 unspecified atom stereocenters. The fourth-order valence-electron chi connectivity index (χ4n) is 3.00. The maximum absolute atomic E-state index is 13.4. The molecular formula is C24H24F2N2O5S. The molecule has 3 rings (SSSR count). The first-order valence-electron chi connectivity index (χ1n) is 10.5. The Morgan fingerprint density at radius 1 is 0.853 bits per heavy atom. The van der Waals surface area contributed by atoms with Crippen LogP contribution in [0, 0.1) is 11.6 Å². The van der Waals surface area contributed by atoms with Crippen LogP contribution < -0.4 is 19.1 Å². The number of nitrogens with one attached hydrogen (secondary N) is 1. The van der Waals surface area contributed by atoms with E-state index in [0.29, 0.717) is 18.1 Å². The molecule has 0 aromatic heterocycles. The van der Waals surface area contributed by atoms with E-state index < -0.39 is 34.1 Å². The zero-order chi connectivity index (χ0) is 24.6. The maximum atomic E-state index is 13.4. The average molecular weight is 491 g/mol. The summed E-state index contributed by atoms with van der Waals surface area (Å²) in [4.78, 5) is 12.5. The van der Waals surface area contributed by atoms with Crippen molar-refractivity contribution in [2.45, 2.75) is 11.8 Å². The largest absolute Gasteiger partial charge is 0.494 e. The summed E-state index contributed by atoms with van der Waals surface area (Å²) >= 11 is 0. The molecule has 1 amide bonds. The summed E-state index contributed by atoms with van der Waals surface area (Å²) < 4.78 is 64.7. The Bertz CT molecular complexity index is 1190. The van der Waals surface area contributed by atoms with Crippen molar-refractivity contribution in [2.24, 2.45) is 0 Å². The van der Waals surface area contributed by atoms with E-state index in [-0.39, 0.29) is 23.7 Å². The van der Waals surface area contributed by atoms with E-state index in [1.807, 2.05) is 6.92 Å². The minimum atomic E-state index is -4.14. The van der Waals surface area contributed by atoms with Gasteiger partial charge in [-0.3, -0.25) is 9.10 Å². The van der Waals surface area contributed by atoms with Crippen molar-refractivity contribution in [3.05, 3.63) is 84.4 Å². The predicted molar refractivity (Wildman–Crippen MR) is 123 cm³/mol. The number of hydrogen-bond donors (Lipinski definition) is 1. The van der Waals surface area contributed by atoms with Crippen LogP contribution in [0.25, 0.3) is 0 Å². The van der Waals surface area contributed by atoms with Crippen LogP contribution >= 0.6 is 0 Å². The highest BCUT2D eigenvalue weighted by Gasteiger charge is 2.27. The minimum Gasteiger partial charge on any atom is -0.494 e. The third-order valence-corrected chi connectivity index (χ3v) is 6.42. The summed E-state index contributed by atoms with van der Waals surface area (Å²) in [5.41, 5.74) is 0.132. The summed E-state index contributed by atoms with van der Waals surface area (Å²) in [5.74, 6) is -0.572. The molecule has 1 N–H and O–H groups in total. The number of amides is 1. The molecule has 34 heavy (non-hydrogen) atoms. The molecule has 10 heteroatoms. The van der Waals surface area contributed by atoms with E-state index in [1.54, 1.807) is 0 Å². The van der Waals surface area contributed by atoms with Crippen molar-refractivity contribution >= 4 is 21.6 Å². The van der Waals surface area contributed by atoms with Crippen LogP contribution in [-0.4, -0.2) is 40.6 Å². The zero-order valence-corrected chi connectivity index (χ0v) is 19.2. The topological polar surface area (TPSA) is 84.9 Å². The first-order valence-corrected chi connectivity index (χ1v) is 11.9. The van der Waals surface area contributed by atoms with Gasteiger partial charge in [-0.2, -0.15) is 0 Å². The second-order valence-corrected chi connectivity index (χ2v) is 8.91. The lowest BCUT2D eigenvalue weighted by Gasteiger charge is -2.24. The van der Waals surface area contributed by atoms with Gasteiger partial charge in [-0.05, 0) is 79.7 Å².